The number of allylic oxidation sites excluding steroid dienone is 1. The molecule has 0 saturated carbocycles. The first-order chi connectivity index (χ1) is 10.9. The molecule has 1 spiro atoms. The van der Waals surface area contributed by atoms with Gasteiger partial charge in [0.05, 0.1) is 4.91 Å². The van der Waals surface area contributed by atoms with Gasteiger partial charge in [-0.1, -0.05) is 43.5 Å². The normalized spacial score (nSPS) is 27.2. The quantitative estimate of drug-likeness (QED) is 0.587. The number of carbonyl (C=O) groups is 2. The number of likely N-dealkylation sites (tertiary alicyclic amines) is 1. The Morgan fingerprint density at radius 1 is 1.17 bits per heavy atom. The summed E-state index contributed by atoms with van der Waals surface area (Å²) in [5.41, 5.74) is 1.59. The minimum atomic E-state index is -1.02. The average molecular weight is 325 g/mol. The molecule has 3 nitrogen and oxygen atoms in total. The van der Waals surface area contributed by atoms with Gasteiger partial charge in [-0.15, -0.1) is 11.8 Å². The summed E-state index contributed by atoms with van der Waals surface area (Å²) in [6.45, 7) is 8.45. The molecule has 1 atom stereocenters. The van der Waals surface area contributed by atoms with E-state index in [9.17, 15) is 9.59 Å². The number of likely N-dealkylation sites (N-methyl/N-ethyl adjacent to an activating group) is 1. The second kappa shape index (κ2) is 5.85. The number of amides is 1. The molecular weight excluding hydrogens is 306 g/mol. The van der Waals surface area contributed by atoms with Crippen molar-refractivity contribution in [2.24, 2.45) is 5.41 Å². The maximum absolute atomic E-state index is 13.0. The summed E-state index contributed by atoms with van der Waals surface area (Å²) in [5.74, 6) is 0.269. The first kappa shape index (κ1) is 15.8. The largest absolute Gasteiger partial charge is 0.341 e. The minimum absolute atomic E-state index is 0.0842. The lowest BCUT2D eigenvalue weighted by Crippen LogP contribution is -2.45. The molecule has 0 bridgehead atoms. The Labute approximate surface area is 140 Å². The van der Waals surface area contributed by atoms with Crippen LogP contribution in [0.15, 0.2) is 59.5 Å². The predicted octanol–water partition coefficient (Wildman–Crippen LogP) is 3.30. The summed E-state index contributed by atoms with van der Waals surface area (Å²) >= 11 is 1.46. The number of ketones is 1. The highest BCUT2D eigenvalue weighted by molar-refractivity contribution is 8.04. The van der Waals surface area contributed by atoms with E-state index < -0.39 is 5.41 Å². The Kier molecular flexibility index (Phi) is 4.02. The van der Waals surface area contributed by atoms with Gasteiger partial charge < -0.3 is 4.90 Å². The average Bonchev–Trinajstić information content (AvgIpc) is 2.81. The maximum atomic E-state index is 13.0. The van der Waals surface area contributed by atoms with E-state index in [0.29, 0.717) is 23.6 Å². The van der Waals surface area contributed by atoms with Crippen molar-refractivity contribution in [2.45, 2.75) is 6.42 Å². The van der Waals surface area contributed by atoms with Crippen LogP contribution in [0, 0.1) is 5.41 Å². The number of hydrogen-bond acceptors (Lipinski definition) is 3. The smallest absolute Gasteiger partial charge is 0.237 e. The molecule has 1 aromatic carbocycles. The zero-order valence-electron chi connectivity index (χ0n) is 13.2. The lowest BCUT2D eigenvalue weighted by molar-refractivity contribution is -0.144. The number of nitrogens with zero attached hydrogens (tertiary/aromatic N) is 1. The number of thioether (sulfide) groups is 1. The molecule has 2 saturated heterocycles. The standard InChI is InChI=1S/C19H19NO2S/c1-13-10-19(18(22)20(3)11-14(13)2)12-23-16(17(19)21)9-15-7-5-4-6-8-15/h4-9H,1-2,10-12H2,3H3/b16-9-. The topological polar surface area (TPSA) is 37.4 Å². The molecule has 0 radical (unpaired) electrons. The first-order valence-corrected chi connectivity index (χ1v) is 8.48. The lowest BCUT2D eigenvalue weighted by atomic mass is 9.78. The Bertz CT molecular complexity index is 735. The van der Waals surface area contributed by atoms with Crippen LogP contribution in [-0.2, 0) is 9.59 Å². The third-order valence-corrected chi connectivity index (χ3v) is 5.68. The summed E-state index contributed by atoms with van der Waals surface area (Å²) in [7, 11) is 1.73. The highest BCUT2D eigenvalue weighted by Crippen LogP contribution is 2.48. The van der Waals surface area contributed by atoms with Crippen molar-refractivity contribution in [2.75, 3.05) is 19.3 Å². The van der Waals surface area contributed by atoms with Crippen LogP contribution in [0.25, 0.3) is 6.08 Å². The molecule has 0 aromatic heterocycles. The van der Waals surface area contributed by atoms with Gasteiger partial charge in [0, 0.05) is 19.3 Å². The second-order valence-corrected chi connectivity index (χ2v) is 7.18. The van der Waals surface area contributed by atoms with Gasteiger partial charge in [-0.25, -0.2) is 0 Å². The van der Waals surface area contributed by atoms with E-state index in [2.05, 4.69) is 13.2 Å². The summed E-state index contributed by atoms with van der Waals surface area (Å²) < 4.78 is 0. The van der Waals surface area contributed by atoms with Crippen molar-refractivity contribution in [3.8, 4) is 0 Å². The van der Waals surface area contributed by atoms with Gasteiger partial charge in [-0.3, -0.25) is 9.59 Å². The second-order valence-electron chi connectivity index (χ2n) is 6.16. The zero-order valence-corrected chi connectivity index (χ0v) is 14.0. The number of Topliss-reactive ketones (excluding diaryl/α,β-unsaturated/α-hetero) is 1. The van der Waals surface area contributed by atoms with E-state index in [1.807, 2.05) is 36.4 Å². The zero-order chi connectivity index (χ0) is 16.6. The molecule has 4 heteroatoms. The van der Waals surface area contributed by atoms with E-state index in [-0.39, 0.29) is 11.7 Å². The van der Waals surface area contributed by atoms with Gasteiger partial charge in [0.1, 0.15) is 5.41 Å². The highest BCUT2D eigenvalue weighted by Gasteiger charge is 2.54. The van der Waals surface area contributed by atoms with Gasteiger partial charge in [0.25, 0.3) is 0 Å². The van der Waals surface area contributed by atoms with Gasteiger partial charge in [0.2, 0.25) is 5.91 Å². The van der Waals surface area contributed by atoms with Crippen molar-refractivity contribution < 1.29 is 9.59 Å². The SMILES string of the molecule is C=C1CN(C)C(=O)C2(CS/C(=C\c3ccccc3)C2=O)CC1=C. The molecular formula is C19H19NO2S. The van der Waals surface area contributed by atoms with E-state index >= 15 is 0 Å². The van der Waals surface area contributed by atoms with Crippen molar-refractivity contribution in [1.82, 2.24) is 4.90 Å². The van der Waals surface area contributed by atoms with Crippen LogP contribution < -0.4 is 0 Å². The van der Waals surface area contributed by atoms with Gasteiger partial charge in [-0.2, -0.15) is 0 Å². The molecule has 0 aliphatic carbocycles. The Hall–Kier alpha value is -2.07. The molecule has 2 aliphatic heterocycles. The van der Waals surface area contributed by atoms with Crippen LogP contribution in [0.3, 0.4) is 0 Å². The van der Waals surface area contributed by atoms with Gasteiger partial charge >= 0.3 is 0 Å². The summed E-state index contributed by atoms with van der Waals surface area (Å²) in [5, 5.41) is 0. The molecule has 1 aromatic rings. The Balaban J connectivity index is 1.98. The van der Waals surface area contributed by atoms with Crippen LogP contribution in [0.5, 0.6) is 0 Å². The molecule has 0 N–H and O–H groups in total. The molecule has 1 amide bonds. The van der Waals surface area contributed by atoms with Gasteiger partial charge in [-0.05, 0) is 29.2 Å². The number of carbonyl (C=O) groups excluding carboxylic acids is 2. The highest BCUT2D eigenvalue weighted by atomic mass is 32.2. The first-order valence-electron chi connectivity index (χ1n) is 7.50. The fourth-order valence-corrected chi connectivity index (χ4v) is 4.37. The molecule has 2 heterocycles. The molecule has 1 unspecified atom stereocenters. The molecule has 2 aliphatic rings. The van der Waals surface area contributed by atoms with E-state index in [1.54, 1.807) is 11.9 Å². The fourth-order valence-electron chi connectivity index (χ4n) is 3.07. The van der Waals surface area contributed by atoms with E-state index in [0.717, 1.165) is 16.7 Å². The Morgan fingerprint density at radius 2 is 1.87 bits per heavy atom. The van der Waals surface area contributed by atoms with Crippen molar-refractivity contribution >= 4 is 29.5 Å². The van der Waals surface area contributed by atoms with Crippen LogP contribution >= 0.6 is 11.8 Å². The van der Waals surface area contributed by atoms with Crippen molar-refractivity contribution in [1.29, 1.82) is 0 Å². The van der Waals surface area contributed by atoms with Gasteiger partial charge in [0.15, 0.2) is 5.78 Å². The van der Waals surface area contributed by atoms with Crippen molar-refractivity contribution in [3.05, 3.63) is 65.1 Å². The van der Waals surface area contributed by atoms with E-state index in [4.69, 9.17) is 0 Å². The monoisotopic (exact) mass is 325 g/mol. The van der Waals surface area contributed by atoms with Crippen LogP contribution in [0.4, 0.5) is 0 Å². The summed E-state index contributed by atoms with van der Waals surface area (Å²) in [6, 6.07) is 9.71. The fraction of sp³-hybridized carbons (Fsp3) is 0.263. The summed E-state index contributed by atoms with van der Waals surface area (Å²) in [6.07, 6.45) is 2.24. The molecule has 23 heavy (non-hydrogen) atoms. The Morgan fingerprint density at radius 3 is 2.57 bits per heavy atom. The van der Waals surface area contributed by atoms with E-state index in [1.165, 1.54) is 11.8 Å². The van der Waals surface area contributed by atoms with Crippen LogP contribution in [0.2, 0.25) is 0 Å². The third kappa shape index (κ3) is 2.68. The van der Waals surface area contributed by atoms with Crippen LogP contribution in [0.1, 0.15) is 12.0 Å². The molecule has 3 rings (SSSR count). The minimum Gasteiger partial charge on any atom is -0.341 e. The van der Waals surface area contributed by atoms with Crippen molar-refractivity contribution in [3.63, 3.8) is 0 Å². The third-order valence-electron chi connectivity index (χ3n) is 4.43. The predicted molar refractivity (Wildman–Crippen MR) is 94.9 cm³/mol. The molecule has 2 fully saturated rings. The number of benzene rings is 1. The number of hydrogen-bond donors (Lipinski definition) is 0. The lowest BCUT2D eigenvalue weighted by Gasteiger charge is -2.26. The number of rotatable bonds is 1. The van der Waals surface area contributed by atoms with Crippen LogP contribution in [-0.4, -0.2) is 35.9 Å². The maximum Gasteiger partial charge on any atom is 0.237 e. The summed E-state index contributed by atoms with van der Waals surface area (Å²) in [4.78, 5) is 28.1. The molecule has 118 valence electrons.